The monoisotopic (exact) mass is 438 g/mol. The largest absolute Gasteiger partial charge is 0.387 e. The van der Waals surface area contributed by atoms with Gasteiger partial charge in [0.25, 0.3) is 10.1 Å². The Hall–Kier alpha value is -2.68. The average Bonchev–Trinajstić information content (AvgIpc) is 3.24. The van der Waals surface area contributed by atoms with E-state index in [1.54, 1.807) is 12.1 Å². The number of fused-ring (bicyclic) bond motifs is 1. The lowest BCUT2D eigenvalue weighted by Crippen LogP contribution is -2.35. The fourth-order valence-electron chi connectivity index (χ4n) is 2.92. The average molecular weight is 438 g/mol. The van der Waals surface area contributed by atoms with Gasteiger partial charge in [0, 0.05) is 6.54 Å². The van der Waals surface area contributed by atoms with Gasteiger partial charge in [-0.25, -0.2) is 15.0 Å². The van der Waals surface area contributed by atoms with Gasteiger partial charge in [-0.3, -0.25) is 9.12 Å². The minimum absolute atomic E-state index is 0.0666. The second-order valence-electron chi connectivity index (χ2n) is 6.65. The fraction of sp³-hybridized carbons (Fsp3) is 0.353. The lowest BCUT2D eigenvalue weighted by atomic mass is 10.1. The van der Waals surface area contributed by atoms with Gasteiger partial charge >= 0.3 is 0 Å². The van der Waals surface area contributed by atoms with Gasteiger partial charge in [0.15, 0.2) is 17.7 Å². The van der Waals surface area contributed by atoms with Crippen LogP contribution in [0.25, 0.3) is 11.2 Å². The SMILES string of the molecule is Cc1ccc(S(=O)(=O)O)cc1.NCC1OC(n2cnc3c(N)ncnc32)C(O)C1O. The lowest BCUT2D eigenvalue weighted by molar-refractivity contribution is -0.0322. The number of ether oxygens (including phenoxy) is 1. The Morgan fingerprint density at radius 3 is 2.37 bits per heavy atom. The van der Waals surface area contributed by atoms with Crippen molar-refractivity contribution in [1.29, 1.82) is 0 Å². The number of rotatable bonds is 3. The summed E-state index contributed by atoms with van der Waals surface area (Å²) in [6.07, 6.45) is -0.850. The Labute approximate surface area is 171 Å². The van der Waals surface area contributed by atoms with Crippen molar-refractivity contribution in [3.8, 4) is 0 Å². The van der Waals surface area contributed by atoms with E-state index in [2.05, 4.69) is 15.0 Å². The first-order valence-electron chi connectivity index (χ1n) is 8.82. The first-order chi connectivity index (χ1) is 14.1. The number of hydrogen-bond donors (Lipinski definition) is 5. The van der Waals surface area contributed by atoms with E-state index in [1.807, 2.05) is 6.92 Å². The third-order valence-corrected chi connectivity index (χ3v) is 5.42. The van der Waals surface area contributed by atoms with Gasteiger partial charge in [-0.05, 0) is 19.1 Å². The van der Waals surface area contributed by atoms with Crippen molar-refractivity contribution >= 4 is 27.1 Å². The molecule has 162 valence electrons. The van der Waals surface area contributed by atoms with Crippen LogP contribution in [-0.2, 0) is 14.9 Å². The van der Waals surface area contributed by atoms with Gasteiger partial charge in [0.05, 0.1) is 11.2 Å². The lowest BCUT2D eigenvalue weighted by Gasteiger charge is -2.16. The normalized spacial score (nSPS) is 23.9. The number of nitrogens with two attached hydrogens (primary N) is 2. The topological polar surface area (TPSA) is 200 Å². The van der Waals surface area contributed by atoms with Gasteiger partial charge in [-0.1, -0.05) is 17.7 Å². The van der Waals surface area contributed by atoms with Crippen molar-refractivity contribution in [2.75, 3.05) is 12.3 Å². The molecule has 2 aromatic heterocycles. The van der Waals surface area contributed by atoms with E-state index in [0.29, 0.717) is 11.2 Å². The van der Waals surface area contributed by atoms with Crippen molar-refractivity contribution < 1.29 is 27.9 Å². The van der Waals surface area contributed by atoms with Gasteiger partial charge in [0.2, 0.25) is 0 Å². The molecular weight excluding hydrogens is 416 g/mol. The Balaban J connectivity index is 0.000000199. The summed E-state index contributed by atoms with van der Waals surface area (Å²) < 4.78 is 36.6. The number of aliphatic hydroxyl groups is 2. The predicted octanol–water partition coefficient (Wildman–Crippen LogP) is -0.772. The maximum Gasteiger partial charge on any atom is 0.294 e. The minimum Gasteiger partial charge on any atom is -0.387 e. The number of aryl methyl sites for hydroxylation is 1. The molecule has 4 atom stereocenters. The van der Waals surface area contributed by atoms with Crippen molar-refractivity contribution in [2.24, 2.45) is 5.73 Å². The number of nitrogen functional groups attached to an aromatic ring is 1. The zero-order chi connectivity index (χ0) is 22.1. The van der Waals surface area contributed by atoms with E-state index >= 15 is 0 Å². The van der Waals surface area contributed by atoms with Crippen molar-refractivity contribution in [1.82, 2.24) is 19.5 Å². The Bertz CT molecular complexity index is 1120. The molecule has 4 rings (SSSR count). The van der Waals surface area contributed by atoms with Gasteiger partial charge in [0.1, 0.15) is 30.2 Å². The summed E-state index contributed by atoms with van der Waals surface area (Å²) in [5.41, 5.74) is 13.0. The van der Waals surface area contributed by atoms with E-state index in [-0.39, 0.29) is 17.3 Å². The van der Waals surface area contributed by atoms with Crippen LogP contribution in [0.4, 0.5) is 5.82 Å². The molecule has 1 aliphatic rings. The van der Waals surface area contributed by atoms with E-state index in [9.17, 15) is 18.6 Å². The van der Waals surface area contributed by atoms with Crippen molar-refractivity contribution in [2.45, 2.75) is 36.4 Å². The van der Waals surface area contributed by atoms with Gasteiger partial charge in [-0.2, -0.15) is 8.42 Å². The van der Waals surface area contributed by atoms with E-state index < -0.39 is 34.7 Å². The second-order valence-corrected chi connectivity index (χ2v) is 8.07. The first-order valence-corrected chi connectivity index (χ1v) is 10.3. The molecule has 12 nitrogen and oxygen atoms in total. The molecule has 0 spiro atoms. The van der Waals surface area contributed by atoms with Crippen LogP contribution in [-0.4, -0.2) is 67.6 Å². The molecule has 0 amide bonds. The molecule has 1 aromatic carbocycles. The highest BCUT2D eigenvalue weighted by molar-refractivity contribution is 7.85. The van der Waals surface area contributed by atoms with Crippen LogP contribution in [0.1, 0.15) is 11.8 Å². The van der Waals surface area contributed by atoms with Crippen LogP contribution in [0.15, 0.2) is 41.8 Å². The van der Waals surface area contributed by atoms with Crippen LogP contribution < -0.4 is 11.5 Å². The highest BCUT2D eigenvalue weighted by atomic mass is 32.2. The molecule has 30 heavy (non-hydrogen) atoms. The molecule has 0 radical (unpaired) electrons. The third kappa shape index (κ3) is 4.40. The smallest absolute Gasteiger partial charge is 0.294 e. The van der Waals surface area contributed by atoms with Crippen LogP contribution in [0.3, 0.4) is 0 Å². The Morgan fingerprint density at radius 1 is 1.13 bits per heavy atom. The Morgan fingerprint density at radius 2 is 1.80 bits per heavy atom. The summed E-state index contributed by atoms with van der Waals surface area (Å²) in [6, 6.07) is 5.99. The van der Waals surface area contributed by atoms with Crippen LogP contribution in [0, 0.1) is 6.92 Å². The quantitative estimate of drug-likeness (QED) is 0.321. The first kappa shape index (κ1) is 22.0. The van der Waals surface area contributed by atoms with E-state index in [1.165, 1.54) is 29.4 Å². The number of aliphatic hydroxyl groups excluding tert-OH is 2. The summed E-state index contributed by atoms with van der Waals surface area (Å²) in [7, 11) is -4.02. The molecule has 1 saturated heterocycles. The molecule has 1 fully saturated rings. The summed E-state index contributed by atoms with van der Waals surface area (Å²) >= 11 is 0. The van der Waals surface area contributed by atoms with Crippen LogP contribution in [0.5, 0.6) is 0 Å². The molecule has 3 heterocycles. The summed E-state index contributed by atoms with van der Waals surface area (Å²) in [5.74, 6) is 0.243. The summed E-state index contributed by atoms with van der Waals surface area (Å²) in [4.78, 5) is 11.9. The molecular formula is C17H22N6O6S. The number of nitrogens with zero attached hydrogens (tertiary/aromatic N) is 4. The molecule has 3 aromatic rings. The fourth-order valence-corrected chi connectivity index (χ4v) is 3.40. The standard InChI is InChI=1S/C10H14N6O3.C7H8O3S/c11-1-4-6(17)7(18)10(19-4)16-3-15-5-8(12)13-2-14-9(5)16;1-6-2-4-7(5-3-6)11(8,9)10/h2-4,6-7,10,17-18H,1,11H2,(H2,12,13,14);2-5H,1H3,(H,8,9,10). The zero-order valence-electron chi connectivity index (χ0n) is 15.9. The molecule has 13 heteroatoms. The maximum atomic E-state index is 10.5. The van der Waals surface area contributed by atoms with Crippen LogP contribution in [0.2, 0.25) is 0 Å². The number of benzene rings is 1. The van der Waals surface area contributed by atoms with Crippen LogP contribution >= 0.6 is 0 Å². The third-order valence-electron chi connectivity index (χ3n) is 4.55. The number of hydrogen-bond acceptors (Lipinski definition) is 10. The summed E-state index contributed by atoms with van der Waals surface area (Å²) in [6.45, 7) is 1.95. The molecule has 1 aliphatic heterocycles. The molecule has 0 saturated carbocycles. The molecule has 7 N–H and O–H groups in total. The minimum atomic E-state index is -4.02. The molecule has 0 aliphatic carbocycles. The number of imidazole rings is 1. The van der Waals surface area contributed by atoms with E-state index in [0.717, 1.165) is 5.56 Å². The van der Waals surface area contributed by atoms with Crippen molar-refractivity contribution in [3.63, 3.8) is 0 Å². The highest BCUT2D eigenvalue weighted by Crippen LogP contribution is 2.31. The highest BCUT2D eigenvalue weighted by Gasteiger charge is 2.43. The van der Waals surface area contributed by atoms with Gasteiger partial charge in [-0.15, -0.1) is 0 Å². The molecule has 0 bridgehead atoms. The van der Waals surface area contributed by atoms with E-state index in [4.69, 9.17) is 20.8 Å². The summed E-state index contributed by atoms with van der Waals surface area (Å²) in [5, 5.41) is 19.8. The zero-order valence-corrected chi connectivity index (χ0v) is 16.7. The Kier molecular flexibility index (Phi) is 6.30. The number of aromatic nitrogens is 4. The number of anilines is 1. The second kappa shape index (κ2) is 8.59. The predicted molar refractivity (Wildman–Crippen MR) is 106 cm³/mol. The maximum absolute atomic E-state index is 10.5. The molecule has 4 unspecified atom stereocenters. The van der Waals surface area contributed by atoms with Gasteiger partial charge < -0.3 is 26.4 Å². The van der Waals surface area contributed by atoms with Crippen molar-refractivity contribution in [3.05, 3.63) is 42.5 Å².